The van der Waals surface area contributed by atoms with Crippen LogP contribution in [0.2, 0.25) is 0 Å². The zero-order chi connectivity index (χ0) is 24.2. The Bertz CT molecular complexity index is 925. The minimum atomic E-state index is -0.687. The molecule has 0 N–H and O–H groups in total. The summed E-state index contributed by atoms with van der Waals surface area (Å²) in [4.78, 5) is 28.3. The minimum Gasteiger partial charge on any atom is -0.491 e. The smallest absolute Gasteiger partial charge is 0.410 e. The lowest BCUT2D eigenvalue weighted by atomic mass is 10.1. The fourth-order valence-electron chi connectivity index (χ4n) is 3.73. The van der Waals surface area contributed by atoms with Crippen LogP contribution in [0.5, 0.6) is 5.75 Å². The van der Waals surface area contributed by atoms with Gasteiger partial charge in [0.25, 0.3) is 0 Å². The average Bonchev–Trinajstić information content (AvgIpc) is 3.53. The number of benzene rings is 1. The number of piperazine rings is 1. The third-order valence-electron chi connectivity index (χ3n) is 5.72. The van der Waals surface area contributed by atoms with E-state index in [1.165, 1.54) is 6.07 Å². The number of hydrogen-bond donors (Lipinski definition) is 0. The molecular weight excluding hydrogens is 429 g/mol. The van der Waals surface area contributed by atoms with Crippen molar-refractivity contribution < 1.29 is 28.2 Å². The molecule has 0 radical (unpaired) electrons. The molecule has 1 aromatic rings. The van der Waals surface area contributed by atoms with Gasteiger partial charge in [0.1, 0.15) is 35.3 Å². The minimum absolute atomic E-state index is 0.0889. The summed E-state index contributed by atoms with van der Waals surface area (Å²) in [6.07, 6.45) is 0.977. The number of carbonyl (C=O) groups is 2. The molecule has 33 heavy (non-hydrogen) atoms. The molecule has 0 spiro atoms. The molecule has 1 aliphatic heterocycles. The molecule has 3 rings (SSSR count). The number of hydrogen-bond acceptors (Lipinski definition) is 7. The first kappa shape index (κ1) is 24.8. The van der Waals surface area contributed by atoms with Crippen molar-refractivity contribution in [2.24, 2.45) is 5.41 Å². The molecule has 2 fully saturated rings. The predicted molar refractivity (Wildman–Crippen MR) is 118 cm³/mol. The molecule has 0 bridgehead atoms. The highest BCUT2D eigenvalue weighted by atomic mass is 19.1. The van der Waals surface area contributed by atoms with Crippen molar-refractivity contribution in [1.82, 2.24) is 9.80 Å². The first-order valence-electron chi connectivity index (χ1n) is 11.3. The molecule has 1 saturated heterocycles. The molecule has 1 saturated carbocycles. The van der Waals surface area contributed by atoms with Gasteiger partial charge in [-0.1, -0.05) is 0 Å². The van der Waals surface area contributed by atoms with Crippen molar-refractivity contribution in [3.63, 3.8) is 0 Å². The maximum absolute atomic E-state index is 14.2. The van der Waals surface area contributed by atoms with Crippen LogP contribution >= 0.6 is 0 Å². The zero-order valence-electron chi connectivity index (χ0n) is 19.8. The van der Waals surface area contributed by atoms with E-state index in [1.807, 2.05) is 26.8 Å². The van der Waals surface area contributed by atoms with E-state index >= 15 is 0 Å². The molecule has 180 valence electrons. The molecule has 1 aromatic carbocycles. The third kappa shape index (κ3) is 6.35. The van der Waals surface area contributed by atoms with Crippen LogP contribution in [0.3, 0.4) is 0 Å². The molecule has 1 amide bonds. The number of rotatable bonds is 7. The van der Waals surface area contributed by atoms with Crippen LogP contribution in [-0.4, -0.2) is 66.9 Å². The van der Waals surface area contributed by atoms with Gasteiger partial charge in [-0.25, -0.2) is 9.18 Å². The van der Waals surface area contributed by atoms with Gasteiger partial charge in [0, 0.05) is 38.3 Å². The molecule has 0 atom stereocenters. The average molecular weight is 462 g/mol. The molecule has 0 aromatic heterocycles. The van der Waals surface area contributed by atoms with Gasteiger partial charge in [-0.05, 0) is 52.7 Å². The predicted octanol–water partition coefficient (Wildman–Crippen LogP) is 3.47. The lowest BCUT2D eigenvalue weighted by Crippen LogP contribution is -2.49. The number of nitriles is 1. The maximum Gasteiger partial charge on any atom is 0.410 e. The number of amides is 1. The normalized spacial score (nSPS) is 17.8. The SMILES string of the molecule is CCOC(=O)C1(COc2c(C#N)cc(F)cc2CN2CCN(C(=O)OC(C)(C)C)CC2)CC1. The van der Waals surface area contributed by atoms with Crippen LogP contribution in [0.25, 0.3) is 0 Å². The fraction of sp³-hybridized carbons (Fsp3) is 0.625. The monoisotopic (exact) mass is 461 g/mol. The summed E-state index contributed by atoms with van der Waals surface area (Å²) in [5.41, 5.74) is -0.611. The van der Waals surface area contributed by atoms with Gasteiger partial charge in [0.15, 0.2) is 0 Å². The Labute approximate surface area is 194 Å². The topological polar surface area (TPSA) is 92.1 Å². The molecule has 8 nitrogen and oxygen atoms in total. The standard InChI is InChI=1S/C24H32FN3O5/c1-5-31-21(29)24(6-7-24)16-32-20-17(14-26)12-19(25)13-18(20)15-27-8-10-28(11-9-27)22(30)33-23(2,3)4/h12-13H,5-11,15-16H2,1-4H3. The Morgan fingerprint density at radius 2 is 1.85 bits per heavy atom. The van der Waals surface area contributed by atoms with Crippen molar-refractivity contribution in [3.05, 3.63) is 29.1 Å². The highest BCUT2D eigenvalue weighted by Gasteiger charge is 2.52. The van der Waals surface area contributed by atoms with Gasteiger partial charge < -0.3 is 19.1 Å². The van der Waals surface area contributed by atoms with Crippen molar-refractivity contribution >= 4 is 12.1 Å². The van der Waals surface area contributed by atoms with Gasteiger partial charge in [0.05, 0.1) is 12.2 Å². The van der Waals surface area contributed by atoms with Crippen LogP contribution in [-0.2, 0) is 20.8 Å². The molecule has 2 aliphatic rings. The van der Waals surface area contributed by atoms with Crippen molar-refractivity contribution in [2.75, 3.05) is 39.4 Å². The number of halogens is 1. The summed E-state index contributed by atoms with van der Waals surface area (Å²) >= 11 is 0. The largest absolute Gasteiger partial charge is 0.491 e. The second kappa shape index (κ2) is 9.96. The summed E-state index contributed by atoms with van der Waals surface area (Å²) in [6.45, 7) is 10.1. The van der Waals surface area contributed by atoms with Crippen molar-refractivity contribution in [2.45, 2.75) is 52.7 Å². The number of nitrogens with zero attached hydrogens (tertiary/aromatic N) is 3. The Balaban J connectivity index is 1.67. The maximum atomic E-state index is 14.2. The van der Waals surface area contributed by atoms with E-state index in [-0.39, 0.29) is 24.2 Å². The van der Waals surface area contributed by atoms with Crippen LogP contribution < -0.4 is 4.74 Å². The summed E-state index contributed by atoms with van der Waals surface area (Å²) in [6, 6.07) is 4.50. The first-order chi connectivity index (χ1) is 15.6. The Kier molecular flexibility index (Phi) is 7.48. The van der Waals surface area contributed by atoms with Gasteiger partial charge in [0.2, 0.25) is 0 Å². The fourth-order valence-corrected chi connectivity index (χ4v) is 3.73. The highest BCUT2D eigenvalue weighted by Crippen LogP contribution is 2.47. The van der Waals surface area contributed by atoms with Crippen LogP contribution in [0.1, 0.15) is 51.7 Å². The second-order valence-corrected chi connectivity index (χ2v) is 9.59. The number of ether oxygens (including phenoxy) is 3. The summed E-state index contributed by atoms with van der Waals surface area (Å²) in [5, 5.41) is 9.54. The number of esters is 1. The van der Waals surface area contributed by atoms with Crippen LogP contribution in [0, 0.1) is 22.6 Å². The second-order valence-electron chi connectivity index (χ2n) is 9.59. The summed E-state index contributed by atoms with van der Waals surface area (Å²) in [5.74, 6) is -0.526. The highest BCUT2D eigenvalue weighted by molar-refractivity contribution is 5.80. The molecule has 0 unspecified atom stereocenters. The molecule has 9 heteroatoms. The van der Waals surface area contributed by atoms with E-state index in [9.17, 15) is 19.2 Å². The summed E-state index contributed by atoms with van der Waals surface area (Å²) in [7, 11) is 0. The van der Waals surface area contributed by atoms with Gasteiger partial charge in [-0.2, -0.15) is 5.26 Å². The van der Waals surface area contributed by atoms with E-state index < -0.39 is 16.8 Å². The van der Waals surface area contributed by atoms with Crippen molar-refractivity contribution in [3.8, 4) is 11.8 Å². The molecular formula is C24H32FN3O5. The summed E-state index contributed by atoms with van der Waals surface area (Å²) < 4.78 is 30.8. The lowest BCUT2D eigenvalue weighted by Gasteiger charge is -2.35. The van der Waals surface area contributed by atoms with Gasteiger partial charge in [-0.15, -0.1) is 0 Å². The van der Waals surface area contributed by atoms with Gasteiger partial charge in [-0.3, -0.25) is 9.69 Å². The lowest BCUT2D eigenvalue weighted by molar-refractivity contribution is -0.150. The van der Waals surface area contributed by atoms with Crippen LogP contribution in [0.4, 0.5) is 9.18 Å². The molecule has 1 aliphatic carbocycles. The first-order valence-corrected chi connectivity index (χ1v) is 11.3. The van der Waals surface area contributed by atoms with E-state index in [4.69, 9.17) is 14.2 Å². The molecule has 1 heterocycles. The van der Waals surface area contributed by atoms with Gasteiger partial charge >= 0.3 is 12.1 Å². The Morgan fingerprint density at radius 1 is 1.18 bits per heavy atom. The zero-order valence-corrected chi connectivity index (χ0v) is 19.8. The Morgan fingerprint density at radius 3 is 2.39 bits per heavy atom. The van der Waals surface area contributed by atoms with Crippen LogP contribution in [0.15, 0.2) is 12.1 Å². The van der Waals surface area contributed by atoms with E-state index in [2.05, 4.69) is 4.90 Å². The van der Waals surface area contributed by atoms with E-state index in [0.29, 0.717) is 63.5 Å². The number of carbonyl (C=O) groups excluding carboxylic acids is 2. The Hall–Kier alpha value is -2.86. The van der Waals surface area contributed by atoms with E-state index in [0.717, 1.165) is 6.07 Å². The quantitative estimate of drug-likeness (QED) is 0.574. The van der Waals surface area contributed by atoms with E-state index in [1.54, 1.807) is 11.8 Å². The third-order valence-corrected chi connectivity index (χ3v) is 5.72. The van der Waals surface area contributed by atoms with Crippen molar-refractivity contribution in [1.29, 1.82) is 5.26 Å².